The third-order valence-electron chi connectivity index (χ3n) is 2.76. The van der Waals surface area contributed by atoms with E-state index in [1.54, 1.807) is 25.1 Å². The Hall–Kier alpha value is -2.24. The van der Waals surface area contributed by atoms with E-state index in [4.69, 9.17) is 9.47 Å². The van der Waals surface area contributed by atoms with E-state index in [1.165, 1.54) is 19.1 Å². The average Bonchev–Trinajstić information content (AvgIpc) is 2.43. The summed E-state index contributed by atoms with van der Waals surface area (Å²) in [5, 5.41) is 9.30. The summed E-state index contributed by atoms with van der Waals surface area (Å²) in [7, 11) is 2.96. The van der Waals surface area contributed by atoms with Gasteiger partial charge in [0.25, 0.3) is 0 Å². The molecule has 0 spiro atoms. The largest absolute Gasteiger partial charge is 0.497 e. The molecule has 1 atom stereocenters. The molecule has 0 saturated heterocycles. The third kappa shape index (κ3) is 3.37. The summed E-state index contributed by atoms with van der Waals surface area (Å²) in [5.41, 5.74) is 0.428. The van der Waals surface area contributed by atoms with Crippen LogP contribution in [0, 0.1) is 0 Å². The lowest BCUT2D eigenvalue weighted by atomic mass is 10.0. The molecule has 0 saturated carbocycles. The summed E-state index contributed by atoms with van der Waals surface area (Å²) in [6, 6.07) is 3.73. The van der Waals surface area contributed by atoms with Gasteiger partial charge in [-0.2, -0.15) is 0 Å². The van der Waals surface area contributed by atoms with Gasteiger partial charge in [0.15, 0.2) is 6.04 Å². The lowest BCUT2D eigenvalue weighted by molar-refractivity contribution is -0.146. The van der Waals surface area contributed by atoms with Crippen molar-refractivity contribution in [2.45, 2.75) is 13.0 Å². The normalized spacial score (nSPS) is 11.5. The van der Waals surface area contributed by atoms with Gasteiger partial charge in [-0.3, -0.25) is 4.79 Å². The monoisotopic (exact) mass is 267 g/mol. The van der Waals surface area contributed by atoms with Gasteiger partial charge in [-0.15, -0.1) is 0 Å². The smallest absolute Gasteiger partial charge is 0.331 e. The van der Waals surface area contributed by atoms with Crippen molar-refractivity contribution in [3.8, 4) is 11.5 Å². The number of aliphatic carboxylic acids is 1. The molecule has 104 valence electrons. The van der Waals surface area contributed by atoms with Crippen LogP contribution in [0.5, 0.6) is 11.5 Å². The van der Waals surface area contributed by atoms with Gasteiger partial charge in [0.2, 0.25) is 6.41 Å². The SMILES string of the molecule is CCN(C=O)C(C(=O)O)c1cc(OC)cc(OC)c1. The molecule has 1 aromatic rings. The summed E-state index contributed by atoms with van der Waals surface area (Å²) in [6.07, 6.45) is 0.519. The third-order valence-corrected chi connectivity index (χ3v) is 2.76. The summed E-state index contributed by atoms with van der Waals surface area (Å²) in [5.74, 6) is -0.158. The Morgan fingerprint density at radius 1 is 1.32 bits per heavy atom. The number of nitrogens with zero attached hydrogens (tertiary/aromatic N) is 1. The first-order valence-corrected chi connectivity index (χ1v) is 5.74. The van der Waals surface area contributed by atoms with Crippen LogP contribution in [0.25, 0.3) is 0 Å². The Balaban J connectivity index is 3.28. The van der Waals surface area contributed by atoms with Crippen LogP contribution in [0.3, 0.4) is 0 Å². The molecule has 19 heavy (non-hydrogen) atoms. The topological polar surface area (TPSA) is 76.1 Å². The van der Waals surface area contributed by atoms with Crippen molar-refractivity contribution in [3.63, 3.8) is 0 Å². The number of amides is 1. The van der Waals surface area contributed by atoms with Gasteiger partial charge >= 0.3 is 5.97 Å². The lowest BCUT2D eigenvalue weighted by Gasteiger charge is -2.24. The highest BCUT2D eigenvalue weighted by atomic mass is 16.5. The maximum absolute atomic E-state index is 11.4. The Morgan fingerprint density at radius 3 is 2.16 bits per heavy atom. The minimum absolute atomic E-state index is 0.292. The zero-order valence-electron chi connectivity index (χ0n) is 11.1. The van der Waals surface area contributed by atoms with Crippen molar-refractivity contribution < 1.29 is 24.2 Å². The fourth-order valence-corrected chi connectivity index (χ4v) is 1.78. The van der Waals surface area contributed by atoms with E-state index in [-0.39, 0.29) is 0 Å². The molecule has 1 unspecified atom stereocenters. The molecule has 1 rings (SSSR count). The highest BCUT2D eigenvalue weighted by molar-refractivity contribution is 5.78. The first-order chi connectivity index (χ1) is 9.07. The number of rotatable bonds is 7. The maximum atomic E-state index is 11.4. The van der Waals surface area contributed by atoms with E-state index >= 15 is 0 Å². The number of carboxylic acids is 1. The molecule has 1 amide bonds. The molecule has 6 nitrogen and oxygen atoms in total. The van der Waals surface area contributed by atoms with Crippen molar-refractivity contribution in [1.82, 2.24) is 4.90 Å². The Morgan fingerprint density at radius 2 is 1.84 bits per heavy atom. The van der Waals surface area contributed by atoms with Gasteiger partial charge in [0.1, 0.15) is 11.5 Å². The Bertz CT molecular complexity index is 438. The molecule has 0 bridgehead atoms. The molecule has 1 aromatic carbocycles. The van der Waals surface area contributed by atoms with Crippen LogP contribution in [0.4, 0.5) is 0 Å². The van der Waals surface area contributed by atoms with E-state index in [2.05, 4.69) is 0 Å². The minimum Gasteiger partial charge on any atom is -0.497 e. The molecular formula is C13H17NO5. The molecule has 0 radical (unpaired) electrons. The van der Waals surface area contributed by atoms with E-state index < -0.39 is 12.0 Å². The average molecular weight is 267 g/mol. The quantitative estimate of drug-likeness (QED) is 0.754. The molecular weight excluding hydrogens is 250 g/mol. The predicted octanol–water partition coefficient (Wildman–Crippen LogP) is 1.31. The standard InChI is InChI=1S/C13H17NO5/c1-4-14(8-15)12(13(16)17)9-5-10(18-2)7-11(6-9)19-3/h5-8,12H,4H2,1-3H3,(H,16,17). The lowest BCUT2D eigenvalue weighted by Crippen LogP contribution is -2.32. The number of carbonyl (C=O) groups excluding carboxylic acids is 1. The number of likely N-dealkylation sites (N-methyl/N-ethyl adjacent to an activating group) is 1. The highest BCUT2D eigenvalue weighted by Gasteiger charge is 2.26. The van der Waals surface area contributed by atoms with Gasteiger partial charge in [0, 0.05) is 12.6 Å². The molecule has 0 aromatic heterocycles. The van der Waals surface area contributed by atoms with Gasteiger partial charge in [-0.1, -0.05) is 0 Å². The molecule has 0 aliphatic heterocycles. The molecule has 6 heteroatoms. The maximum Gasteiger partial charge on any atom is 0.331 e. The molecule has 1 N–H and O–H groups in total. The van der Waals surface area contributed by atoms with Crippen LogP contribution in [0.1, 0.15) is 18.5 Å². The summed E-state index contributed by atoms with van der Waals surface area (Å²) < 4.78 is 10.2. The van der Waals surface area contributed by atoms with Gasteiger partial charge in [0.05, 0.1) is 14.2 Å². The van der Waals surface area contributed by atoms with Gasteiger partial charge in [-0.05, 0) is 24.6 Å². The second kappa shape index (κ2) is 6.63. The van der Waals surface area contributed by atoms with Crippen molar-refractivity contribution in [2.24, 2.45) is 0 Å². The molecule has 0 aliphatic carbocycles. The number of hydrogen-bond acceptors (Lipinski definition) is 4. The van der Waals surface area contributed by atoms with Crippen LogP contribution in [0.2, 0.25) is 0 Å². The number of hydrogen-bond donors (Lipinski definition) is 1. The van der Waals surface area contributed by atoms with Crippen molar-refractivity contribution in [1.29, 1.82) is 0 Å². The number of carbonyl (C=O) groups is 2. The van der Waals surface area contributed by atoms with Gasteiger partial charge in [-0.25, -0.2) is 4.79 Å². The predicted molar refractivity (Wildman–Crippen MR) is 68.4 cm³/mol. The summed E-state index contributed by atoms with van der Waals surface area (Å²) >= 11 is 0. The number of ether oxygens (including phenoxy) is 2. The zero-order valence-corrected chi connectivity index (χ0v) is 11.1. The van der Waals surface area contributed by atoms with E-state index in [0.29, 0.717) is 30.0 Å². The fraction of sp³-hybridized carbons (Fsp3) is 0.385. The zero-order chi connectivity index (χ0) is 14.4. The first kappa shape index (κ1) is 14.8. The van der Waals surface area contributed by atoms with E-state index in [1.807, 2.05) is 0 Å². The van der Waals surface area contributed by atoms with Crippen LogP contribution in [0.15, 0.2) is 18.2 Å². The fourth-order valence-electron chi connectivity index (χ4n) is 1.78. The van der Waals surface area contributed by atoms with Crippen molar-refractivity contribution in [3.05, 3.63) is 23.8 Å². The van der Waals surface area contributed by atoms with Crippen LogP contribution in [-0.4, -0.2) is 43.2 Å². The second-order valence-electron chi connectivity index (χ2n) is 3.82. The summed E-state index contributed by atoms with van der Waals surface area (Å²) in [4.78, 5) is 23.5. The van der Waals surface area contributed by atoms with Crippen LogP contribution >= 0.6 is 0 Å². The second-order valence-corrected chi connectivity index (χ2v) is 3.82. The van der Waals surface area contributed by atoms with Crippen LogP contribution in [-0.2, 0) is 9.59 Å². The number of methoxy groups -OCH3 is 2. The molecule has 0 aliphatic rings. The molecule has 0 heterocycles. The highest BCUT2D eigenvalue weighted by Crippen LogP contribution is 2.29. The Kier molecular flexibility index (Phi) is 5.17. The number of benzene rings is 1. The van der Waals surface area contributed by atoms with Gasteiger partial charge < -0.3 is 19.5 Å². The molecule has 0 fully saturated rings. The van der Waals surface area contributed by atoms with E-state index in [9.17, 15) is 14.7 Å². The Labute approximate surface area is 111 Å². The van der Waals surface area contributed by atoms with Crippen molar-refractivity contribution >= 4 is 12.4 Å². The minimum atomic E-state index is -1.11. The van der Waals surface area contributed by atoms with Crippen LogP contribution < -0.4 is 9.47 Å². The first-order valence-electron chi connectivity index (χ1n) is 5.74. The van der Waals surface area contributed by atoms with Crippen molar-refractivity contribution in [2.75, 3.05) is 20.8 Å². The summed E-state index contributed by atoms with van der Waals surface area (Å²) in [6.45, 7) is 2.00. The number of carboxylic acid groups (broad SMARTS) is 1. The van der Waals surface area contributed by atoms with E-state index in [0.717, 1.165) is 0 Å².